The summed E-state index contributed by atoms with van der Waals surface area (Å²) in [6.45, 7) is 3.58. The summed E-state index contributed by atoms with van der Waals surface area (Å²) in [6.07, 6.45) is 3.31. The normalized spacial score (nSPS) is 12.1. The summed E-state index contributed by atoms with van der Waals surface area (Å²) in [6, 6.07) is 1.32. The van der Waals surface area contributed by atoms with Crippen molar-refractivity contribution < 1.29 is 14.7 Å². The molecule has 0 saturated heterocycles. The molecule has 0 spiro atoms. The number of aryl methyl sites for hydroxylation is 1. The van der Waals surface area contributed by atoms with Crippen molar-refractivity contribution in [1.82, 2.24) is 20.1 Å². The number of amides is 1. The smallest absolute Gasteiger partial charge is 0.347 e. The average molecular weight is 294 g/mol. The number of aromatic nitrogens is 3. The fourth-order valence-electron chi connectivity index (χ4n) is 1.67. The minimum atomic E-state index is -0.998. The van der Waals surface area contributed by atoms with Crippen LogP contribution >= 0.6 is 11.3 Å². The van der Waals surface area contributed by atoms with Crippen molar-refractivity contribution in [3.05, 3.63) is 34.0 Å². The molecule has 1 atom stereocenters. The second-order valence-electron chi connectivity index (χ2n) is 4.21. The Morgan fingerprint density at radius 3 is 2.85 bits per heavy atom. The standard InChI is InChI=1S/C12H14N4O3S/c1-7-10(12(18)19)20-9(15-7)6-13-11(17)8(2)16-5-3-4-14-16/h3-5,8H,6H2,1-2H3,(H,13,17)(H,18,19). The maximum absolute atomic E-state index is 11.9. The monoisotopic (exact) mass is 294 g/mol. The first-order valence-corrected chi connectivity index (χ1v) is 6.77. The van der Waals surface area contributed by atoms with Crippen LogP contribution in [-0.2, 0) is 11.3 Å². The Labute approximate surface area is 119 Å². The number of hydrogen-bond donors (Lipinski definition) is 2. The molecule has 0 aliphatic carbocycles. The third-order valence-corrected chi connectivity index (χ3v) is 3.90. The van der Waals surface area contributed by atoms with E-state index in [0.29, 0.717) is 10.7 Å². The summed E-state index contributed by atoms with van der Waals surface area (Å²) in [7, 11) is 0. The Hall–Kier alpha value is -2.22. The minimum Gasteiger partial charge on any atom is -0.477 e. The van der Waals surface area contributed by atoms with Crippen molar-refractivity contribution in [3.63, 3.8) is 0 Å². The lowest BCUT2D eigenvalue weighted by Crippen LogP contribution is -2.30. The van der Waals surface area contributed by atoms with Gasteiger partial charge in [-0.25, -0.2) is 9.78 Å². The fraction of sp³-hybridized carbons (Fsp3) is 0.333. The molecule has 0 saturated carbocycles. The highest BCUT2D eigenvalue weighted by atomic mass is 32.1. The van der Waals surface area contributed by atoms with Crippen LogP contribution in [0.25, 0.3) is 0 Å². The van der Waals surface area contributed by atoms with Crippen molar-refractivity contribution in [1.29, 1.82) is 0 Å². The van der Waals surface area contributed by atoms with Gasteiger partial charge in [0.05, 0.1) is 12.2 Å². The van der Waals surface area contributed by atoms with Crippen molar-refractivity contribution in [2.45, 2.75) is 26.4 Å². The first-order chi connectivity index (χ1) is 9.49. The van der Waals surface area contributed by atoms with Crippen LogP contribution in [0.4, 0.5) is 0 Å². The molecule has 1 unspecified atom stereocenters. The number of thiazole rings is 1. The summed E-state index contributed by atoms with van der Waals surface area (Å²) in [4.78, 5) is 27.2. The van der Waals surface area contributed by atoms with Crippen molar-refractivity contribution in [3.8, 4) is 0 Å². The molecule has 20 heavy (non-hydrogen) atoms. The highest BCUT2D eigenvalue weighted by molar-refractivity contribution is 7.13. The molecule has 0 aliphatic heterocycles. The highest BCUT2D eigenvalue weighted by Gasteiger charge is 2.17. The largest absolute Gasteiger partial charge is 0.477 e. The summed E-state index contributed by atoms with van der Waals surface area (Å²) in [5.74, 6) is -1.19. The van der Waals surface area contributed by atoms with E-state index in [9.17, 15) is 9.59 Å². The molecule has 106 valence electrons. The molecule has 2 aromatic heterocycles. The molecular weight excluding hydrogens is 280 g/mol. The van der Waals surface area contributed by atoms with Crippen LogP contribution in [0.3, 0.4) is 0 Å². The van der Waals surface area contributed by atoms with Crippen LogP contribution in [0.15, 0.2) is 18.5 Å². The number of carboxylic acids is 1. The van der Waals surface area contributed by atoms with Gasteiger partial charge < -0.3 is 10.4 Å². The number of aromatic carboxylic acids is 1. The van der Waals surface area contributed by atoms with Crippen LogP contribution < -0.4 is 5.32 Å². The van der Waals surface area contributed by atoms with Crippen LogP contribution in [0.2, 0.25) is 0 Å². The number of nitrogens with one attached hydrogen (secondary N) is 1. The van der Waals surface area contributed by atoms with Gasteiger partial charge in [0.25, 0.3) is 0 Å². The molecule has 2 N–H and O–H groups in total. The summed E-state index contributed by atoms with van der Waals surface area (Å²) in [5, 5.41) is 16.2. The van der Waals surface area contributed by atoms with Crippen molar-refractivity contribution in [2.24, 2.45) is 0 Å². The zero-order valence-electron chi connectivity index (χ0n) is 11.0. The van der Waals surface area contributed by atoms with Crippen molar-refractivity contribution in [2.75, 3.05) is 0 Å². The second-order valence-corrected chi connectivity index (χ2v) is 5.29. The number of carbonyl (C=O) groups is 2. The van der Waals surface area contributed by atoms with Gasteiger partial charge in [0.1, 0.15) is 15.9 Å². The lowest BCUT2D eigenvalue weighted by Gasteiger charge is -2.11. The van der Waals surface area contributed by atoms with E-state index >= 15 is 0 Å². The van der Waals surface area contributed by atoms with Gasteiger partial charge in [0.15, 0.2) is 0 Å². The highest BCUT2D eigenvalue weighted by Crippen LogP contribution is 2.17. The van der Waals surface area contributed by atoms with Crippen LogP contribution in [0.1, 0.15) is 33.3 Å². The van der Waals surface area contributed by atoms with E-state index in [-0.39, 0.29) is 17.3 Å². The molecule has 1 amide bonds. The zero-order chi connectivity index (χ0) is 14.7. The minimum absolute atomic E-state index is 0.196. The molecule has 0 radical (unpaired) electrons. The van der Waals surface area contributed by atoms with Crippen LogP contribution in [0.5, 0.6) is 0 Å². The Bertz CT molecular complexity index is 621. The van der Waals surface area contributed by atoms with E-state index in [1.54, 1.807) is 37.0 Å². The van der Waals surface area contributed by atoms with Gasteiger partial charge in [-0.1, -0.05) is 0 Å². The van der Waals surface area contributed by atoms with Gasteiger partial charge in [-0.2, -0.15) is 5.10 Å². The van der Waals surface area contributed by atoms with E-state index in [0.717, 1.165) is 11.3 Å². The van der Waals surface area contributed by atoms with Gasteiger partial charge in [-0.3, -0.25) is 9.48 Å². The summed E-state index contributed by atoms with van der Waals surface area (Å²) in [5.41, 5.74) is 0.465. The number of rotatable bonds is 5. The third-order valence-electron chi connectivity index (χ3n) is 2.75. The maximum atomic E-state index is 11.9. The van der Waals surface area contributed by atoms with Crippen LogP contribution in [0, 0.1) is 6.92 Å². The van der Waals surface area contributed by atoms with E-state index in [1.807, 2.05) is 0 Å². The van der Waals surface area contributed by atoms with E-state index in [1.165, 1.54) is 0 Å². The molecule has 8 heteroatoms. The first-order valence-electron chi connectivity index (χ1n) is 5.95. The Morgan fingerprint density at radius 1 is 1.55 bits per heavy atom. The summed E-state index contributed by atoms with van der Waals surface area (Å²) < 4.78 is 1.55. The van der Waals surface area contributed by atoms with Gasteiger partial charge in [0.2, 0.25) is 5.91 Å². The topological polar surface area (TPSA) is 97.1 Å². The molecule has 0 bridgehead atoms. The number of carboxylic acid groups (broad SMARTS) is 1. The van der Waals surface area contributed by atoms with Gasteiger partial charge in [0, 0.05) is 12.4 Å². The maximum Gasteiger partial charge on any atom is 0.347 e. The third kappa shape index (κ3) is 3.02. The molecular formula is C12H14N4O3S. The summed E-state index contributed by atoms with van der Waals surface area (Å²) >= 11 is 1.07. The molecule has 0 aromatic carbocycles. The van der Waals surface area contributed by atoms with Crippen LogP contribution in [-0.4, -0.2) is 31.7 Å². The first kappa shape index (κ1) is 14.2. The van der Waals surface area contributed by atoms with E-state index < -0.39 is 12.0 Å². The molecule has 0 aliphatic rings. The Balaban J connectivity index is 1.97. The van der Waals surface area contributed by atoms with Gasteiger partial charge in [-0.05, 0) is 19.9 Å². The molecule has 2 heterocycles. The van der Waals surface area contributed by atoms with E-state index in [2.05, 4.69) is 15.4 Å². The van der Waals surface area contributed by atoms with E-state index in [4.69, 9.17) is 5.11 Å². The molecule has 2 rings (SSSR count). The number of nitrogens with zero attached hydrogens (tertiary/aromatic N) is 3. The van der Waals surface area contributed by atoms with Gasteiger partial charge >= 0.3 is 5.97 Å². The Kier molecular flexibility index (Phi) is 4.14. The number of hydrogen-bond acceptors (Lipinski definition) is 5. The molecule has 7 nitrogen and oxygen atoms in total. The predicted molar refractivity (Wildman–Crippen MR) is 72.6 cm³/mol. The van der Waals surface area contributed by atoms with Gasteiger partial charge in [-0.15, -0.1) is 11.3 Å². The zero-order valence-corrected chi connectivity index (χ0v) is 11.8. The Morgan fingerprint density at radius 2 is 2.30 bits per heavy atom. The quantitative estimate of drug-likeness (QED) is 0.864. The lowest BCUT2D eigenvalue weighted by atomic mass is 10.3. The molecule has 2 aromatic rings. The lowest BCUT2D eigenvalue weighted by molar-refractivity contribution is -0.124. The predicted octanol–water partition coefficient (Wildman–Crippen LogP) is 1.22. The number of carbonyl (C=O) groups excluding carboxylic acids is 1. The second kappa shape index (κ2) is 5.83. The average Bonchev–Trinajstić information content (AvgIpc) is 3.04. The van der Waals surface area contributed by atoms with Crippen molar-refractivity contribution >= 4 is 23.2 Å². The fourth-order valence-corrected chi connectivity index (χ4v) is 2.51. The SMILES string of the molecule is Cc1nc(CNC(=O)C(C)n2cccn2)sc1C(=O)O. The molecule has 0 fully saturated rings.